The lowest BCUT2D eigenvalue weighted by Crippen LogP contribution is -2.31. The Morgan fingerprint density at radius 2 is 2.03 bits per heavy atom. The van der Waals surface area contributed by atoms with Crippen LogP contribution in [0.15, 0.2) is 58.5 Å². The average molecular weight is 462 g/mol. The molecule has 0 amide bonds. The zero-order chi connectivity index (χ0) is 24.7. The molecule has 0 bridgehead atoms. The number of pyridine rings is 2. The van der Waals surface area contributed by atoms with Crippen LogP contribution in [0.4, 0.5) is 11.5 Å². The third-order valence-corrected chi connectivity index (χ3v) is 5.16. The summed E-state index contributed by atoms with van der Waals surface area (Å²) in [5.74, 6) is 1.10. The summed E-state index contributed by atoms with van der Waals surface area (Å²) in [4.78, 5) is 22.1. The number of benzene rings is 1. The Morgan fingerprint density at radius 3 is 2.68 bits per heavy atom. The van der Waals surface area contributed by atoms with E-state index in [4.69, 9.17) is 15.2 Å². The average Bonchev–Trinajstić information content (AvgIpc) is 2.87. The Labute approximate surface area is 199 Å². The Hall–Kier alpha value is -3.91. The summed E-state index contributed by atoms with van der Waals surface area (Å²) in [6.45, 7) is 6.46. The van der Waals surface area contributed by atoms with Gasteiger partial charge in [0.1, 0.15) is 12.0 Å². The number of rotatable bonds is 6. The van der Waals surface area contributed by atoms with Crippen LogP contribution >= 0.6 is 0 Å². The first kappa shape index (κ1) is 24.7. The largest absolute Gasteiger partial charge is 0.481 e. The Balaban J connectivity index is 0.00000158. The molecule has 2 aromatic heterocycles. The molecule has 8 heteroatoms. The quantitative estimate of drug-likeness (QED) is 0.417. The molecule has 0 saturated carbocycles. The van der Waals surface area contributed by atoms with Crippen LogP contribution in [0.1, 0.15) is 31.9 Å². The summed E-state index contributed by atoms with van der Waals surface area (Å²) < 4.78 is 12.5. The third-order valence-electron chi connectivity index (χ3n) is 5.16. The van der Waals surface area contributed by atoms with Crippen molar-refractivity contribution in [3.63, 3.8) is 0 Å². The van der Waals surface area contributed by atoms with E-state index in [0.29, 0.717) is 35.2 Å². The van der Waals surface area contributed by atoms with Crippen molar-refractivity contribution in [2.45, 2.75) is 27.0 Å². The van der Waals surface area contributed by atoms with Gasteiger partial charge in [0.15, 0.2) is 0 Å². The summed E-state index contributed by atoms with van der Waals surface area (Å²) in [7, 11) is 3.23. The fraction of sp³-hybridized carbons (Fsp3) is 0.269. The van der Waals surface area contributed by atoms with E-state index in [0.717, 1.165) is 16.7 Å². The lowest BCUT2D eigenvalue weighted by atomic mass is 10.0. The molecule has 0 radical (unpaired) electrons. The molecular weight excluding hydrogens is 430 g/mol. The summed E-state index contributed by atoms with van der Waals surface area (Å²) in [6, 6.07) is 10.9. The molecule has 178 valence electrons. The monoisotopic (exact) mass is 461 g/mol. The first-order valence-electron chi connectivity index (χ1n) is 11.2. The topological polar surface area (TPSA) is 104 Å². The number of nitrogens with one attached hydrogen (secondary N) is 1. The Kier molecular flexibility index (Phi) is 8.21. The SMILES string of the molecule is CC.CCOC1C=Cc2cc(-c3ccc(N)c(C=NC)c3)c(=O)n(-c3ccc(OC)nc3)c2N1. The molecule has 3 aromatic rings. The molecular formula is C26H31N5O3. The fourth-order valence-electron chi connectivity index (χ4n) is 3.63. The normalized spacial score (nSPS) is 14.2. The van der Waals surface area contributed by atoms with E-state index in [1.807, 2.05) is 51.1 Å². The van der Waals surface area contributed by atoms with E-state index in [1.54, 1.807) is 49.3 Å². The van der Waals surface area contributed by atoms with Crippen molar-refractivity contribution in [3.05, 3.63) is 70.2 Å². The number of nitrogens with two attached hydrogens (primary N) is 1. The number of hydrogen-bond acceptors (Lipinski definition) is 7. The van der Waals surface area contributed by atoms with Crippen LogP contribution in [0.25, 0.3) is 22.9 Å². The number of ether oxygens (including phenoxy) is 2. The molecule has 4 rings (SSSR count). The summed E-state index contributed by atoms with van der Waals surface area (Å²) in [6.07, 6.45) is 6.83. The number of aromatic nitrogens is 2. The number of nitrogen functional groups attached to an aromatic ring is 1. The molecule has 3 heterocycles. The van der Waals surface area contributed by atoms with E-state index in [2.05, 4.69) is 15.3 Å². The van der Waals surface area contributed by atoms with E-state index in [-0.39, 0.29) is 11.8 Å². The minimum absolute atomic E-state index is 0.196. The van der Waals surface area contributed by atoms with Gasteiger partial charge < -0.3 is 20.5 Å². The van der Waals surface area contributed by atoms with Crippen molar-refractivity contribution >= 4 is 23.8 Å². The van der Waals surface area contributed by atoms with Gasteiger partial charge in [-0.25, -0.2) is 4.98 Å². The van der Waals surface area contributed by atoms with Gasteiger partial charge in [0.25, 0.3) is 5.56 Å². The predicted octanol–water partition coefficient (Wildman–Crippen LogP) is 4.37. The van der Waals surface area contributed by atoms with Gasteiger partial charge in [0, 0.05) is 48.3 Å². The first-order chi connectivity index (χ1) is 16.5. The Bertz CT molecular complexity index is 1250. The highest BCUT2D eigenvalue weighted by Crippen LogP contribution is 2.30. The van der Waals surface area contributed by atoms with Crippen LogP contribution in [0.3, 0.4) is 0 Å². The van der Waals surface area contributed by atoms with Gasteiger partial charge in [-0.05, 0) is 42.8 Å². The van der Waals surface area contributed by atoms with Gasteiger partial charge in [-0.2, -0.15) is 0 Å². The number of anilines is 2. The minimum atomic E-state index is -0.334. The van der Waals surface area contributed by atoms with Gasteiger partial charge in [0.2, 0.25) is 5.88 Å². The maximum absolute atomic E-state index is 13.7. The molecule has 1 unspecified atom stereocenters. The molecule has 34 heavy (non-hydrogen) atoms. The van der Waals surface area contributed by atoms with Gasteiger partial charge in [-0.15, -0.1) is 0 Å². The zero-order valence-corrected chi connectivity index (χ0v) is 20.2. The maximum atomic E-state index is 13.7. The van der Waals surface area contributed by atoms with E-state index in [9.17, 15) is 4.79 Å². The van der Waals surface area contributed by atoms with Crippen LogP contribution in [0.2, 0.25) is 0 Å². The molecule has 1 aliphatic rings. The highest BCUT2D eigenvalue weighted by Gasteiger charge is 2.22. The maximum Gasteiger partial charge on any atom is 0.264 e. The van der Waals surface area contributed by atoms with Crippen LogP contribution in [-0.2, 0) is 4.74 Å². The van der Waals surface area contributed by atoms with Crippen molar-refractivity contribution in [1.29, 1.82) is 0 Å². The lowest BCUT2D eigenvalue weighted by molar-refractivity contribution is 0.115. The number of nitrogens with zero attached hydrogens (tertiary/aromatic N) is 3. The number of aliphatic imine (C=N–C) groups is 1. The highest BCUT2D eigenvalue weighted by molar-refractivity contribution is 5.89. The van der Waals surface area contributed by atoms with Gasteiger partial charge >= 0.3 is 0 Å². The van der Waals surface area contributed by atoms with Crippen molar-refractivity contribution in [1.82, 2.24) is 9.55 Å². The summed E-state index contributed by atoms with van der Waals surface area (Å²) in [5.41, 5.74) is 9.96. The van der Waals surface area contributed by atoms with E-state index in [1.165, 1.54) is 0 Å². The third kappa shape index (κ3) is 5.02. The minimum Gasteiger partial charge on any atom is -0.481 e. The van der Waals surface area contributed by atoms with Gasteiger partial charge in [-0.3, -0.25) is 14.4 Å². The molecule has 1 atom stereocenters. The second-order valence-corrected chi connectivity index (χ2v) is 7.17. The standard InChI is InChI=1S/C24H25N5O3.C2H6/c1-4-32-22-9-6-16-12-19(15-5-8-20(25)17(11-15)13-26-2)24(30)29(23(16)28-22)18-7-10-21(31-3)27-14-18;1-2/h5-14,22,28H,4,25H2,1-3H3;1-2H3. The Morgan fingerprint density at radius 1 is 1.24 bits per heavy atom. The molecule has 0 fully saturated rings. The fourth-order valence-corrected chi connectivity index (χ4v) is 3.63. The van der Waals surface area contributed by atoms with E-state index >= 15 is 0 Å². The molecule has 8 nitrogen and oxygen atoms in total. The molecule has 0 spiro atoms. The number of fused-ring (bicyclic) bond motifs is 1. The van der Waals surface area contributed by atoms with Crippen molar-refractivity contribution < 1.29 is 9.47 Å². The first-order valence-corrected chi connectivity index (χ1v) is 11.2. The van der Waals surface area contributed by atoms with E-state index < -0.39 is 0 Å². The van der Waals surface area contributed by atoms with Gasteiger partial charge in [-0.1, -0.05) is 26.0 Å². The van der Waals surface area contributed by atoms with Crippen molar-refractivity contribution in [2.75, 3.05) is 31.8 Å². The van der Waals surface area contributed by atoms with Gasteiger partial charge in [0.05, 0.1) is 19.0 Å². The smallest absolute Gasteiger partial charge is 0.264 e. The second-order valence-electron chi connectivity index (χ2n) is 7.17. The molecule has 1 aromatic carbocycles. The van der Waals surface area contributed by atoms with Crippen molar-refractivity contribution in [2.24, 2.45) is 4.99 Å². The second kappa shape index (κ2) is 11.3. The molecule has 0 saturated heterocycles. The highest BCUT2D eigenvalue weighted by atomic mass is 16.5. The van der Waals surface area contributed by atoms with Crippen LogP contribution in [0, 0.1) is 0 Å². The van der Waals surface area contributed by atoms with Crippen LogP contribution in [0.5, 0.6) is 5.88 Å². The van der Waals surface area contributed by atoms with Crippen LogP contribution in [-0.4, -0.2) is 42.8 Å². The summed E-state index contributed by atoms with van der Waals surface area (Å²) in [5, 5.41) is 3.31. The number of methoxy groups -OCH3 is 1. The molecule has 0 aliphatic carbocycles. The van der Waals surface area contributed by atoms with Crippen molar-refractivity contribution in [3.8, 4) is 22.7 Å². The molecule has 1 aliphatic heterocycles. The number of hydrogen-bond donors (Lipinski definition) is 2. The zero-order valence-electron chi connectivity index (χ0n) is 20.2. The summed E-state index contributed by atoms with van der Waals surface area (Å²) >= 11 is 0. The predicted molar refractivity (Wildman–Crippen MR) is 139 cm³/mol. The molecule has 3 N–H and O–H groups in total. The van der Waals surface area contributed by atoms with Crippen LogP contribution < -0.4 is 21.3 Å². The lowest BCUT2D eigenvalue weighted by Gasteiger charge is -2.26.